The molecule has 2 unspecified atom stereocenters. The minimum Gasteiger partial charge on any atom is -0.315 e. The molecule has 1 rings (SSSR count). The van der Waals surface area contributed by atoms with Gasteiger partial charge in [0.05, 0.1) is 12.0 Å². The van der Waals surface area contributed by atoms with Crippen molar-refractivity contribution < 1.29 is 0 Å². The van der Waals surface area contributed by atoms with Crippen LogP contribution in [0.4, 0.5) is 0 Å². The molecule has 1 N–H and O–H groups in total. The lowest BCUT2D eigenvalue weighted by Gasteiger charge is -2.13. The molecule has 0 saturated carbocycles. The number of nitrogens with one attached hydrogen (secondary N) is 1. The third kappa shape index (κ3) is 4.14. The van der Waals surface area contributed by atoms with Gasteiger partial charge in [0, 0.05) is 13.1 Å². The Kier molecular flexibility index (Phi) is 4.86. The van der Waals surface area contributed by atoms with Gasteiger partial charge in [0.15, 0.2) is 0 Å². The molecule has 0 bridgehead atoms. The number of nitriles is 1. The summed E-state index contributed by atoms with van der Waals surface area (Å²) in [5.74, 6) is 0.588. The van der Waals surface area contributed by atoms with Gasteiger partial charge in [-0.3, -0.25) is 0 Å². The number of nitrogens with zero attached hydrogens (tertiary/aromatic N) is 1. The van der Waals surface area contributed by atoms with Crippen molar-refractivity contribution >= 4 is 0 Å². The van der Waals surface area contributed by atoms with E-state index < -0.39 is 0 Å². The maximum absolute atomic E-state index is 8.63. The van der Waals surface area contributed by atoms with Crippen LogP contribution < -0.4 is 5.32 Å². The second-order valence-corrected chi connectivity index (χ2v) is 4.00. The zero-order chi connectivity index (χ0) is 11.1. The van der Waals surface area contributed by atoms with Crippen LogP contribution in [-0.4, -0.2) is 13.1 Å². The molecule has 0 aliphatic rings. The van der Waals surface area contributed by atoms with Gasteiger partial charge >= 0.3 is 0 Å². The average molecular weight is 202 g/mol. The smallest absolute Gasteiger partial charge is 0.0666 e. The van der Waals surface area contributed by atoms with Crippen molar-refractivity contribution in [1.82, 2.24) is 5.32 Å². The Morgan fingerprint density at radius 1 is 1.20 bits per heavy atom. The predicted octanol–water partition coefficient (Wildman–Crippen LogP) is 2.54. The molecule has 0 aliphatic carbocycles. The highest BCUT2D eigenvalue weighted by Crippen LogP contribution is 2.12. The Bertz CT molecular complexity index is 313. The van der Waals surface area contributed by atoms with Crippen LogP contribution in [0.2, 0.25) is 0 Å². The molecule has 0 aliphatic heterocycles. The molecule has 15 heavy (non-hydrogen) atoms. The highest BCUT2D eigenvalue weighted by atomic mass is 14.9. The Morgan fingerprint density at radius 3 is 2.47 bits per heavy atom. The van der Waals surface area contributed by atoms with Crippen molar-refractivity contribution in [3.8, 4) is 6.07 Å². The molecule has 0 radical (unpaired) electrons. The van der Waals surface area contributed by atoms with Gasteiger partial charge in [0.2, 0.25) is 0 Å². The molecular weight excluding hydrogens is 184 g/mol. The van der Waals surface area contributed by atoms with Crippen LogP contribution in [0.5, 0.6) is 0 Å². The number of hydrogen-bond donors (Lipinski definition) is 1. The summed E-state index contributed by atoms with van der Waals surface area (Å²) in [5.41, 5.74) is 1.34. The summed E-state index contributed by atoms with van der Waals surface area (Å²) in [6, 6.07) is 12.6. The molecular formula is C13H18N2. The number of benzene rings is 1. The molecule has 80 valence electrons. The van der Waals surface area contributed by atoms with Crippen molar-refractivity contribution in [2.75, 3.05) is 13.1 Å². The van der Waals surface area contributed by atoms with Crippen LogP contribution >= 0.6 is 0 Å². The zero-order valence-electron chi connectivity index (χ0n) is 9.40. The lowest BCUT2D eigenvalue weighted by molar-refractivity contribution is 0.564. The summed E-state index contributed by atoms with van der Waals surface area (Å²) >= 11 is 0. The fourth-order valence-corrected chi connectivity index (χ4v) is 1.46. The first kappa shape index (κ1) is 11.7. The van der Waals surface area contributed by atoms with E-state index >= 15 is 0 Å². The van der Waals surface area contributed by atoms with Crippen molar-refractivity contribution in [3.63, 3.8) is 0 Å². The largest absolute Gasteiger partial charge is 0.315 e. The van der Waals surface area contributed by atoms with Crippen LogP contribution in [0, 0.1) is 17.2 Å². The van der Waals surface area contributed by atoms with Crippen LogP contribution in [0.25, 0.3) is 0 Å². The first-order valence-electron chi connectivity index (χ1n) is 5.39. The summed E-state index contributed by atoms with van der Waals surface area (Å²) < 4.78 is 0. The first-order chi connectivity index (χ1) is 7.24. The second kappa shape index (κ2) is 6.21. The van der Waals surface area contributed by atoms with Gasteiger partial charge in [0.1, 0.15) is 0 Å². The fourth-order valence-electron chi connectivity index (χ4n) is 1.46. The molecule has 1 aromatic carbocycles. The molecule has 2 heteroatoms. The van der Waals surface area contributed by atoms with Crippen molar-refractivity contribution in [2.45, 2.75) is 19.8 Å². The molecule has 0 aromatic heterocycles. The Labute approximate surface area is 91.9 Å². The average Bonchev–Trinajstić information content (AvgIpc) is 2.29. The van der Waals surface area contributed by atoms with Gasteiger partial charge < -0.3 is 5.32 Å². The highest BCUT2D eigenvalue weighted by Gasteiger charge is 2.05. The van der Waals surface area contributed by atoms with E-state index in [1.54, 1.807) is 0 Å². The topological polar surface area (TPSA) is 35.8 Å². The highest BCUT2D eigenvalue weighted by molar-refractivity contribution is 5.18. The maximum Gasteiger partial charge on any atom is 0.0666 e. The summed E-state index contributed by atoms with van der Waals surface area (Å²) in [5, 5.41) is 11.9. The first-order valence-corrected chi connectivity index (χ1v) is 5.39. The molecule has 0 spiro atoms. The minimum atomic E-state index is 0.0907. The lowest BCUT2D eigenvalue weighted by atomic mass is 10.0. The number of rotatable bonds is 5. The molecule has 0 amide bonds. The molecule has 1 aromatic rings. The quantitative estimate of drug-likeness (QED) is 0.796. The monoisotopic (exact) mass is 202 g/mol. The van der Waals surface area contributed by atoms with E-state index in [1.807, 2.05) is 13.0 Å². The van der Waals surface area contributed by atoms with Gasteiger partial charge in [0.25, 0.3) is 0 Å². The predicted molar refractivity (Wildman–Crippen MR) is 62.5 cm³/mol. The van der Waals surface area contributed by atoms with Gasteiger partial charge in [-0.2, -0.15) is 5.26 Å². The fraction of sp³-hybridized carbons (Fsp3) is 0.462. The molecule has 0 heterocycles. The van der Waals surface area contributed by atoms with E-state index in [2.05, 4.69) is 42.6 Å². The Morgan fingerprint density at radius 2 is 1.87 bits per heavy atom. The zero-order valence-corrected chi connectivity index (χ0v) is 9.40. The maximum atomic E-state index is 8.63. The normalized spacial score (nSPS) is 14.2. The van der Waals surface area contributed by atoms with Gasteiger partial charge in [-0.25, -0.2) is 0 Å². The summed E-state index contributed by atoms with van der Waals surface area (Å²) in [4.78, 5) is 0. The second-order valence-electron chi connectivity index (χ2n) is 4.00. The van der Waals surface area contributed by atoms with Gasteiger partial charge in [-0.05, 0) is 18.4 Å². The van der Waals surface area contributed by atoms with Gasteiger partial charge in [-0.15, -0.1) is 0 Å². The van der Waals surface area contributed by atoms with E-state index in [1.165, 1.54) is 5.56 Å². The van der Waals surface area contributed by atoms with Crippen molar-refractivity contribution in [3.05, 3.63) is 35.9 Å². The summed E-state index contributed by atoms with van der Waals surface area (Å²) in [6.45, 7) is 5.82. The van der Waals surface area contributed by atoms with E-state index in [-0.39, 0.29) is 5.92 Å². The van der Waals surface area contributed by atoms with E-state index in [0.717, 1.165) is 13.1 Å². The summed E-state index contributed by atoms with van der Waals surface area (Å²) in [7, 11) is 0. The molecule has 2 atom stereocenters. The van der Waals surface area contributed by atoms with E-state index in [4.69, 9.17) is 5.26 Å². The third-order valence-corrected chi connectivity index (χ3v) is 2.49. The van der Waals surface area contributed by atoms with Gasteiger partial charge in [-0.1, -0.05) is 37.3 Å². The van der Waals surface area contributed by atoms with Crippen molar-refractivity contribution in [1.29, 1.82) is 5.26 Å². The Balaban J connectivity index is 2.32. The Hall–Kier alpha value is -1.33. The SMILES string of the molecule is CC(C#N)CNCC(C)c1ccccc1. The van der Waals surface area contributed by atoms with Crippen LogP contribution in [0.1, 0.15) is 25.3 Å². The van der Waals surface area contributed by atoms with E-state index in [9.17, 15) is 0 Å². The molecule has 0 fully saturated rings. The molecule has 2 nitrogen and oxygen atoms in total. The standard InChI is InChI=1S/C13H18N2/c1-11(8-14)9-15-10-12(2)13-6-4-3-5-7-13/h3-7,11-12,15H,9-10H2,1-2H3. The lowest BCUT2D eigenvalue weighted by Crippen LogP contribution is -2.24. The summed E-state index contributed by atoms with van der Waals surface area (Å²) in [6.07, 6.45) is 0. The number of hydrogen-bond acceptors (Lipinski definition) is 2. The van der Waals surface area contributed by atoms with Crippen LogP contribution in [0.15, 0.2) is 30.3 Å². The minimum absolute atomic E-state index is 0.0907. The third-order valence-electron chi connectivity index (χ3n) is 2.49. The van der Waals surface area contributed by atoms with Crippen LogP contribution in [-0.2, 0) is 0 Å². The van der Waals surface area contributed by atoms with Crippen LogP contribution in [0.3, 0.4) is 0 Å². The van der Waals surface area contributed by atoms with E-state index in [0.29, 0.717) is 5.92 Å². The molecule has 0 saturated heterocycles. The van der Waals surface area contributed by atoms with Crippen molar-refractivity contribution in [2.24, 2.45) is 5.92 Å².